The van der Waals surface area contributed by atoms with Crippen molar-refractivity contribution < 1.29 is 9.72 Å². The van der Waals surface area contributed by atoms with Gasteiger partial charge in [-0.1, -0.05) is 0 Å². The molecular weight excluding hydrogens is 330 g/mol. The molecule has 1 amide bonds. The molecule has 0 aromatic heterocycles. The van der Waals surface area contributed by atoms with Gasteiger partial charge in [-0.2, -0.15) is 0 Å². The summed E-state index contributed by atoms with van der Waals surface area (Å²) >= 11 is 0. The van der Waals surface area contributed by atoms with Gasteiger partial charge in [0.05, 0.1) is 4.92 Å². The van der Waals surface area contributed by atoms with Gasteiger partial charge >= 0.3 is 0 Å². The molecule has 0 saturated heterocycles. The van der Waals surface area contributed by atoms with Gasteiger partial charge < -0.3 is 10.6 Å². The number of carbonyl (C=O) groups excluding carboxylic acids is 1. The largest absolute Gasteiger partial charge is 0.383 e. The summed E-state index contributed by atoms with van der Waals surface area (Å²) in [6.45, 7) is 0.659. The standard InChI is InChI=1S/C20H27N3O3/c1-21-17-3-2-16(9-18(17)23(25)26)19(24)22-5-4-20-10-13-6-14(11-20)8-15(7-13)12-20/h2-3,9,13-15,21H,4-8,10-12H2,1H3,(H,22,24). The van der Waals surface area contributed by atoms with E-state index < -0.39 is 4.92 Å². The van der Waals surface area contributed by atoms with Crippen LogP contribution in [0.1, 0.15) is 55.3 Å². The number of nitro benzene ring substituents is 1. The third-order valence-electron chi connectivity index (χ3n) is 6.83. The molecule has 5 rings (SSSR count). The Bertz CT molecular complexity index is 696. The maximum absolute atomic E-state index is 12.5. The highest BCUT2D eigenvalue weighted by Crippen LogP contribution is 2.61. The van der Waals surface area contributed by atoms with E-state index in [4.69, 9.17) is 0 Å². The molecule has 26 heavy (non-hydrogen) atoms. The number of benzene rings is 1. The van der Waals surface area contributed by atoms with Gasteiger partial charge in [-0.05, 0) is 80.2 Å². The summed E-state index contributed by atoms with van der Waals surface area (Å²) in [6.07, 6.45) is 9.30. The molecule has 4 bridgehead atoms. The van der Waals surface area contributed by atoms with Crippen molar-refractivity contribution in [3.63, 3.8) is 0 Å². The quantitative estimate of drug-likeness (QED) is 0.596. The zero-order chi connectivity index (χ0) is 18.3. The molecule has 6 nitrogen and oxygen atoms in total. The summed E-state index contributed by atoms with van der Waals surface area (Å²) in [5.41, 5.74) is 1.13. The van der Waals surface area contributed by atoms with Crippen molar-refractivity contribution in [2.75, 3.05) is 18.9 Å². The molecule has 140 valence electrons. The normalized spacial score (nSPS) is 31.7. The molecule has 0 spiro atoms. The van der Waals surface area contributed by atoms with E-state index in [1.54, 1.807) is 19.2 Å². The average Bonchev–Trinajstić information content (AvgIpc) is 2.59. The molecule has 0 radical (unpaired) electrons. The Kier molecular flexibility index (Phi) is 4.37. The van der Waals surface area contributed by atoms with Crippen molar-refractivity contribution in [3.8, 4) is 0 Å². The van der Waals surface area contributed by atoms with E-state index >= 15 is 0 Å². The van der Waals surface area contributed by atoms with Crippen LogP contribution in [0.15, 0.2) is 18.2 Å². The lowest BCUT2D eigenvalue weighted by molar-refractivity contribution is -0.384. The zero-order valence-corrected chi connectivity index (χ0v) is 15.3. The van der Waals surface area contributed by atoms with Gasteiger partial charge in [-0.25, -0.2) is 0 Å². The van der Waals surface area contributed by atoms with Gasteiger partial charge in [0.1, 0.15) is 5.69 Å². The summed E-state index contributed by atoms with van der Waals surface area (Å²) in [7, 11) is 1.63. The number of amides is 1. The van der Waals surface area contributed by atoms with Gasteiger partial charge in [0, 0.05) is 25.2 Å². The maximum Gasteiger partial charge on any atom is 0.293 e. The first-order chi connectivity index (χ1) is 12.5. The lowest BCUT2D eigenvalue weighted by Crippen LogP contribution is -2.47. The van der Waals surface area contributed by atoms with Crippen molar-refractivity contribution in [2.24, 2.45) is 23.2 Å². The molecule has 1 aromatic rings. The van der Waals surface area contributed by atoms with Crippen LogP contribution in [0.5, 0.6) is 0 Å². The molecule has 4 aliphatic rings. The van der Waals surface area contributed by atoms with Crippen molar-refractivity contribution in [1.29, 1.82) is 0 Å². The van der Waals surface area contributed by atoms with Crippen molar-refractivity contribution >= 4 is 17.3 Å². The Labute approximate surface area is 153 Å². The van der Waals surface area contributed by atoms with Crippen LogP contribution in [0.3, 0.4) is 0 Å². The lowest BCUT2D eigenvalue weighted by atomic mass is 9.49. The minimum atomic E-state index is -0.460. The molecule has 4 aliphatic carbocycles. The molecule has 4 saturated carbocycles. The zero-order valence-electron chi connectivity index (χ0n) is 15.3. The monoisotopic (exact) mass is 357 g/mol. The van der Waals surface area contributed by atoms with E-state index in [9.17, 15) is 14.9 Å². The first-order valence-electron chi connectivity index (χ1n) is 9.72. The summed E-state index contributed by atoms with van der Waals surface area (Å²) in [6, 6.07) is 4.58. The van der Waals surface area contributed by atoms with E-state index in [1.165, 1.54) is 44.6 Å². The fourth-order valence-electron chi connectivity index (χ4n) is 6.17. The summed E-state index contributed by atoms with van der Waals surface area (Å²) < 4.78 is 0. The second-order valence-electron chi connectivity index (χ2n) is 8.66. The van der Waals surface area contributed by atoms with Gasteiger partial charge in [-0.15, -0.1) is 0 Å². The SMILES string of the molecule is CNc1ccc(C(=O)NCCC23CC4CC(CC(C4)C2)C3)cc1[N+](=O)[O-]. The Balaban J connectivity index is 1.37. The van der Waals surface area contributed by atoms with E-state index in [0.29, 0.717) is 23.2 Å². The van der Waals surface area contributed by atoms with Crippen LogP contribution in [-0.4, -0.2) is 24.4 Å². The van der Waals surface area contributed by atoms with Gasteiger partial charge in [0.15, 0.2) is 0 Å². The van der Waals surface area contributed by atoms with Gasteiger partial charge in [0.25, 0.3) is 11.6 Å². The predicted octanol–water partition coefficient (Wildman–Crippen LogP) is 3.97. The minimum Gasteiger partial charge on any atom is -0.383 e. The third-order valence-corrected chi connectivity index (χ3v) is 6.83. The van der Waals surface area contributed by atoms with Crippen molar-refractivity contribution in [2.45, 2.75) is 44.9 Å². The Morgan fingerprint density at radius 1 is 1.19 bits per heavy atom. The Morgan fingerprint density at radius 3 is 2.35 bits per heavy atom. The van der Waals surface area contributed by atoms with Crippen LogP contribution in [-0.2, 0) is 0 Å². The summed E-state index contributed by atoms with van der Waals surface area (Å²) in [5.74, 6) is 2.51. The molecule has 2 N–H and O–H groups in total. The highest BCUT2D eigenvalue weighted by Gasteiger charge is 2.50. The molecule has 0 heterocycles. The molecule has 0 atom stereocenters. The van der Waals surface area contributed by atoms with Crippen molar-refractivity contribution in [1.82, 2.24) is 5.32 Å². The minimum absolute atomic E-state index is 0.0683. The molecule has 4 fully saturated rings. The number of anilines is 1. The first-order valence-corrected chi connectivity index (χ1v) is 9.72. The number of carbonyl (C=O) groups is 1. The number of rotatable bonds is 6. The number of nitrogens with one attached hydrogen (secondary N) is 2. The molecular formula is C20H27N3O3. The number of nitrogens with zero attached hydrogens (tertiary/aromatic N) is 1. The first kappa shape index (κ1) is 17.3. The fourth-order valence-corrected chi connectivity index (χ4v) is 6.17. The predicted molar refractivity (Wildman–Crippen MR) is 100 cm³/mol. The third kappa shape index (κ3) is 3.17. The van der Waals surface area contributed by atoms with E-state index in [1.807, 2.05) is 0 Å². The number of hydrogen-bond acceptors (Lipinski definition) is 4. The molecule has 6 heteroatoms. The number of hydrogen-bond donors (Lipinski definition) is 2. The van der Waals surface area contributed by atoms with Crippen LogP contribution in [0.2, 0.25) is 0 Å². The maximum atomic E-state index is 12.5. The van der Waals surface area contributed by atoms with Crippen LogP contribution < -0.4 is 10.6 Å². The van der Waals surface area contributed by atoms with Gasteiger partial charge in [-0.3, -0.25) is 14.9 Å². The molecule has 0 unspecified atom stereocenters. The second kappa shape index (κ2) is 6.56. The molecule has 0 aliphatic heterocycles. The second-order valence-corrected chi connectivity index (χ2v) is 8.66. The lowest BCUT2D eigenvalue weighted by Gasteiger charge is -2.57. The smallest absolute Gasteiger partial charge is 0.293 e. The van der Waals surface area contributed by atoms with E-state index in [-0.39, 0.29) is 11.6 Å². The summed E-state index contributed by atoms with van der Waals surface area (Å²) in [4.78, 5) is 23.2. The van der Waals surface area contributed by atoms with Gasteiger partial charge in [0.2, 0.25) is 0 Å². The topological polar surface area (TPSA) is 84.3 Å². The summed E-state index contributed by atoms with van der Waals surface area (Å²) in [5, 5.41) is 16.9. The van der Waals surface area contributed by atoms with Crippen LogP contribution in [0, 0.1) is 33.3 Å². The van der Waals surface area contributed by atoms with Crippen LogP contribution >= 0.6 is 0 Å². The van der Waals surface area contributed by atoms with E-state index in [2.05, 4.69) is 10.6 Å². The fraction of sp³-hybridized carbons (Fsp3) is 0.650. The highest BCUT2D eigenvalue weighted by atomic mass is 16.6. The average molecular weight is 357 g/mol. The highest BCUT2D eigenvalue weighted by molar-refractivity contribution is 5.95. The van der Waals surface area contributed by atoms with Crippen LogP contribution in [0.4, 0.5) is 11.4 Å². The van der Waals surface area contributed by atoms with E-state index in [0.717, 1.165) is 24.2 Å². The molecule has 1 aromatic carbocycles. The Morgan fingerprint density at radius 2 is 1.81 bits per heavy atom. The number of nitro groups is 1. The Hall–Kier alpha value is -2.11. The van der Waals surface area contributed by atoms with Crippen LogP contribution in [0.25, 0.3) is 0 Å². The van der Waals surface area contributed by atoms with Crippen molar-refractivity contribution in [3.05, 3.63) is 33.9 Å².